The van der Waals surface area contributed by atoms with Crippen molar-refractivity contribution in [2.24, 2.45) is 0 Å². The average molecular weight is 345 g/mol. The first-order valence-corrected chi connectivity index (χ1v) is 8.56. The summed E-state index contributed by atoms with van der Waals surface area (Å²) in [7, 11) is 0. The molecule has 5 rings (SSSR count). The first-order chi connectivity index (χ1) is 12.3. The van der Waals surface area contributed by atoms with Gasteiger partial charge in [-0.2, -0.15) is 10.1 Å². The summed E-state index contributed by atoms with van der Waals surface area (Å²) in [6, 6.07) is 17.3. The standard InChI is InChI=1S/C18H11N5OS/c24-17-12-8-4-5-9-14(12)23-16(20-17)15(21-22-23)18-19-13(10-25-18)11-6-2-1-3-7-11/h1-10,22H. The first-order valence-electron chi connectivity index (χ1n) is 7.68. The number of nitrogens with zero attached hydrogens (tertiary/aromatic N) is 4. The third-order valence-corrected chi connectivity index (χ3v) is 4.89. The van der Waals surface area contributed by atoms with Crippen molar-refractivity contribution >= 4 is 27.9 Å². The lowest BCUT2D eigenvalue weighted by Gasteiger charge is -1.99. The Labute approximate surface area is 145 Å². The predicted octanol–water partition coefficient (Wildman–Crippen LogP) is 3.36. The highest BCUT2D eigenvalue weighted by Crippen LogP contribution is 2.29. The van der Waals surface area contributed by atoms with Crippen molar-refractivity contribution in [3.63, 3.8) is 0 Å². The Morgan fingerprint density at radius 2 is 1.76 bits per heavy atom. The normalized spacial score (nSPS) is 11.4. The topological polar surface area (TPSA) is 75.9 Å². The van der Waals surface area contributed by atoms with Crippen LogP contribution in [0, 0.1) is 0 Å². The molecule has 3 aromatic heterocycles. The van der Waals surface area contributed by atoms with E-state index >= 15 is 0 Å². The molecule has 25 heavy (non-hydrogen) atoms. The van der Waals surface area contributed by atoms with E-state index in [4.69, 9.17) is 0 Å². The van der Waals surface area contributed by atoms with E-state index in [1.807, 2.05) is 53.9 Å². The molecule has 0 fully saturated rings. The van der Waals surface area contributed by atoms with Gasteiger partial charge in [0, 0.05) is 10.9 Å². The SMILES string of the molecule is O=c1nc2c(-c3nc(-c4ccccc4)cs3)n[nH]n2c2ccccc12. The summed E-state index contributed by atoms with van der Waals surface area (Å²) in [6.45, 7) is 0. The molecule has 6 nitrogen and oxygen atoms in total. The molecular formula is C18H11N5OS. The zero-order valence-corrected chi connectivity index (χ0v) is 13.7. The number of para-hydroxylation sites is 1. The van der Waals surface area contributed by atoms with Gasteiger partial charge in [0.1, 0.15) is 5.01 Å². The van der Waals surface area contributed by atoms with E-state index in [9.17, 15) is 4.79 Å². The molecule has 5 aromatic rings. The van der Waals surface area contributed by atoms with Gasteiger partial charge in [0.05, 0.1) is 16.6 Å². The van der Waals surface area contributed by atoms with E-state index in [0.717, 1.165) is 21.8 Å². The van der Waals surface area contributed by atoms with Gasteiger partial charge in [0.2, 0.25) is 0 Å². The Balaban J connectivity index is 1.72. The molecule has 2 aromatic carbocycles. The smallest absolute Gasteiger partial charge is 0.267 e. The van der Waals surface area contributed by atoms with E-state index in [-0.39, 0.29) is 5.56 Å². The van der Waals surface area contributed by atoms with Crippen LogP contribution in [0.2, 0.25) is 0 Å². The fraction of sp³-hybridized carbons (Fsp3) is 0. The quantitative estimate of drug-likeness (QED) is 0.532. The first kappa shape index (κ1) is 14.1. The van der Waals surface area contributed by atoms with Gasteiger partial charge in [-0.25, -0.2) is 14.7 Å². The molecule has 0 aliphatic rings. The van der Waals surface area contributed by atoms with E-state index in [1.165, 1.54) is 11.3 Å². The molecule has 0 bridgehead atoms. The Bertz CT molecular complexity index is 1270. The van der Waals surface area contributed by atoms with Crippen LogP contribution in [0.3, 0.4) is 0 Å². The summed E-state index contributed by atoms with van der Waals surface area (Å²) < 4.78 is 1.72. The van der Waals surface area contributed by atoms with Crippen LogP contribution in [0.15, 0.2) is 64.8 Å². The Kier molecular flexibility index (Phi) is 3.01. The number of benzene rings is 2. The van der Waals surface area contributed by atoms with Gasteiger partial charge in [0.25, 0.3) is 5.56 Å². The third-order valence-electron chi connectivity index (χ3n) is 4.04. The average Bonchev–Trinajstić information content (AvgIpc) is 3.29. The maximum Gasteiger partial charge on any atom is 0.281 e. The lowest BCUT2D eigenvalue weighted by atomic mass is 10.2. The highest BCUT2D eigenvalue weighted by atomic mass is 32.1. The number of rotatable bonds is 2. The van der Waals surface area contributed by atoms with E-state index in [2.05, 4.69) is 20.3 Å². The van der Waals surface area contributed by atoms with E-state index < -0.39 is 0 Å². The molecule has 7 heteroatoms. The van der Waals surface area contributed by atoms with Gasteiger partial charge in [-0.15, -0.1) is 11.3 Å². The van der Waals surface area contributed by atoms with E-state index in [1.54, 1.807) is 10.6 Å². The zero-order valence-electron chi connectivity index (χ0n) is 12.9. The number of H-pyrrole nitrogens is 1. The summed E-state index contributed by atoms with van der Waals surface area (Å²) in [4.78, 5) is 21.2. The molecule has 0 amide bonds. The van der Waals surface area contributed by atoms with Gasteiger partial charge >= 0.3 is 0 Å². The highest BCUT2D eigenvalue weighted by Gasteiger charge is 2.16. The predicted molar refractivity (Wildman–Crippen MR) is 97.7 cm³/mol. The second kappa shape index (κ2) is 5.35. The summed E-state index contributed by atoms with van der Waals surface area (Å²) in [6.07, 6.45) is 0. The van der Waals surface area contributed by atoms with Gasteiger partial charge in [-0.3, -0.25) is 4.79 Å². The molecule has 120 valence electrons. The number of hydrogen-bond donors (Lipinski definition) is 1. The molecule has 1 N–H and O–H groups in total. The number of fused-ring (bicyclic) bond motifs is 3. The Hall–Kier alpha value is -3.32. The Morgan fingerprint density at radius 1 is 0.960 bits per heavy atom. The van der Waals surface area contributed by atoms with Crippen molar-refractivity contribution in [1.82, 2.24) is 24.8 Å². The second-order valence-corrected chi connectivity index (χ2v) is 6.42. The summed E-state index contributed by atoms with van der Waals surface area (Å²) >= 11 is 1.48. The van der Waals surface area contributed by atoms with Crippen molar-refractivity contribution < 1.29 is 0 Å². The lowest BCUT2D eigenvalue weighted by Crippen LogP contribution is -2.10. The van der Waals surface area contributed by atoms with Crippen LogP contribution in [0.1, 0.15) is 0 Å². The molecule has 0 saturated heterocycles. The third kappa shape index (κ3) is 2.17. The minimum absolute atomic E-state index is 0.266. The number of aromatic amines is 1. The van der Waals surface area contributed by atoms with Crippen LogP contribution >= 0.6 is 11.3 Å². The maximum atomic E-state index is 12.3. The molecule has 0 spiro atoms. The molecule has 0 atom stereocenters. The van der Waals surface area contributed by atoms with Gasteiger partial charge < -0.3 is 0 Å². The maximum absolute atomic E-state index is 12.3. The summed E-state index contributed by atoms with van der Waals surface area (Å²) in [5, 5.41) is 10.5. The van der Waals surface area contributed by atoms with Crippen LogP contribution in [0.5, 0.6) is 0 Å². The molecule has 0 saturated carbocycles. The number of aromatic nitrogens is 5. The molecular weight excluding hydrogens is 334 g/mol. The number of nitrogens with one attached hydrogen (secondary N) is 1. The highest BCUT2D eigenvalue weighted by molar-refractivity contribution is 7.13. The van der Waals surface area contributed by atoms with Crippen molar-refractivity contribution in [2.45, 2.75) is 0 Å². The van der Waals surface area contributed by atoms with Crippen LogP contribution in [-0.4, -0.2) is 24.8 Å². The Morgan fingerprint density at radius 3 is 2.64 bits per heavy atom. The molecule has 0 radical (unpaired) electrons. The monoisotopic (exact) mass is 345 g/mol. The van der Waals surface area contributed by atoms with Crippen molar-refractivity contribution in [1.29, 1.82) is 0 Å². The van der Waals surface area contributed by atoms with Gasteiger partial charge in [-0.1, -0.05) is 42.5 Å². The van der Waals surface area contributed by atoms with Crippen LogP contribution in [-0.2, 0) is 0 Å². The minimum Gasteiger partial charge on any atom is -0.267 e. The van der Waals surface area contributed by atoms with Crippen LogP contribution in [0.4, 0.5) is 0 Å². The largest absolute Gasteiger partial charge is 0.281 e. The van der Waals surface area contributed by atoms with Gasteiger partial charge in [0.15, 0.2) is 11.3 Å². The number of hydrogen-bond acceptors (Lipinski definition) is 5. The minimum atomic E-state index is -0.266. The molecule has 3 heterocycles. The van der Waals surface area contributed by atoms with Crippen LogP contribution in [0.25, 0.3) is 38.5 Å². The fourth-order valence-electron chi connectivity index (χ4n) is 2.85. The number of thiazole rings is 1. The zero-order chi connectivity index (χ0) is 16.8. The molecule has 0 unspecified atom stereocenters. The summed E-state index contributed by atoms with van der Waals surface area (Å²) in [5.74, 6) is 0. The molecule has 0 aliphatic heterocycles. The fourth-order valence-corrected chi connectivity index (χ4v) is 3.66. The van der Waals surface area contributed by atoms with Crippen molar-refractivity contribution in [2.75, 3.05) is 0 Å². The lowest BCUT2D eigenvalue weighted by molar-refractivity contribution is 0.874. The van der Waals surface area contributed by atoms with Crippen molar-refractivity contribution in [3.8, 4) is 22.0 Å². The van der Waals surface area contributed by atoms with Crippen LogP contribution < -0.4 is 5.56 Å². The molecule has 0 aliphatic carbocycles. The van der Waals surface area contributed by atoms with Crippen molar-refractivity contribution in [3.05, 3.63) is 70.3 Å². The summed E-state index contributed by atoms with van der Waals surface area (Å²) in [5.41, 5.74) is 3.46. The van der Waals surface area contributed by atoms with E-state index in [0.29, 0.717) is 16.7 Å². The second-order valence-electron chi connectivity index (χ2n) is 5.56. The van der Waals surface area contributed by atoms with Gasteiger partial charge in [-0.05, 0) is 12.1 Å².